The van der Waals surface area contributed by atoms with Crippen LogP contribution in [0.3, 0.4) is 0 Å². The van der Waals surface area contributed by atoms with Crippen LogP contribution >= 0.6 is 37.2 Å². The zero-order valence-electron chi connectivity index (χ0n) is 28.1. The Morgan fingerprint density at radius 3 is 1.91 bits per heavy atom. The van der Waals surface area contributed by atoms with Gasteiger partial charge >= 0.3 is 0 Å². The smallest absolute Gasteiger partial charge is 0.0708 e. The maximum Gasteiger partial charge on any atom is 0.0708 e. The van der Waals surface area contributed by atoms with E-state index in [4.69, 9.17) is 9.97 Å². The van der Waals surface area contributed by atoms with Crippen molar-refractivity contribution in [2.75, 3.05) is 18.0 Å². The normalized spacial score (nSPS) is 13.2. The van der Waals surface area contributed by atoms with Gasteiger partial charge in [-0.05, 0) is 129 Å². The zero-order valence-corrected chi connectivity index (χ0v) is 30.5. The molecule has 3 heterocycles. The average molecular weight is 690 g/mol. The number of nitrogens with zero attached hydrogens (tertiary/aromatic N) is 4. The standard InChI is InChI=1S/C40H44N4.3ClH/c1-28-10-12-36(13-11-28)44(27-34-15-19-42-40(25-34)38-9-7-6-8-29(38)2)37-16-20-43(21-17-37)26-33-14-18-41-39(24-33)35-22-30(3)32(5)31(4)23-35;;;/h6-15,18-19,22-25,37H,16-17,20-21,26-27H2,1-5H3;3*1H. The van der Waals surface area contributed by atoms with Crippen LogP contribution in [0.4, 0.5) is 5.69 Å². The molecule has 1 aliphatic heterocycles. The Kier molecular flexibility index (Phi) is 13.9. The minimum atomic E-state index is 0. The van der Waals surface area contributed by atoms with E-state index in [0.29, 0.717) is 6.04 Å². The number of hydrogen-bond donors (Lipinski definition) is 0. The van der Waals surface area contributed by atoms with Crippen LogP contribution in [0.5, 0.6) is 0 Å². The molecule has 47 heavy (non-hydrogen) atoms. The fourth-order valence-corrected chi connectivity index (χ4v) is 6.51. The Bertz CT molecular complexity index is 1720. The van der Waals surface area contributed by atoms with Crippen molar-refractivity contribution in [3.63, 3.8) is 0 Å². The molecule has 0 bridgehead atoms. The quantitative estimate of drug-likeness (QED) is 0.162. The first kappa shape index (κ1) is 38.0. The summed E-state index contributed by atoms with van der Waals surface area (Å²) in [5, 5.41) is 0. The van der Waals surface area contributed by atoms with Gasteiger partial charge in [-0.3, -0.25) is 14.9 Å². The molecule has 0 aliphatic carbocycles. The van der Waals surface area contributed by atoms with Gasteiger partial charge in [0.15, 0.2) is 0 Å². The van der Waals surface area contributed by atoms with Crippen LogP contribution in [-0.4, -0.2) is 34.0 Å². The topological polar surface area (TPSA) is 32.3 Å². The van der Waals surface area contributed by atoms with Crippen LogP contribution < -0.4 is 4.90 Å². The molecule has 0 unspecified atom stereocenters. The summed E-state index contributed by atoms with van der Waals surface area (Å²) in [4.78, 5) is 14.7. The first-order valence-corrected chi connectivity index (χ1v) is 15.9. The van der Waals surface area contributed by atoms with Gasteiger partial charge in [-0.25, -0.2) is 0 Å². The van der Waals surface area contributed by atoms with Crippen molar-refractivity contribution in [2.24, 2.45) is 0 Å². The molecule has 1 aliphatic rings. The third kappa shape index (κ3) is 9.15. The molecule has 0 atom stereocenters. The van der Waals surface area contributed by atoms with Crippen molar-refractivity contribution >= 4 is 42.9 Å². The van der Waals surface area contributed by atoms with Gasteiger partial charge in [0.2, 0.25) is 0 Å². The van der Waals surface area contributed by atoms with Crippen LogP contribution in [0.2, 0.25) is 0 Å². The molecule has 0 spiro atoms. The van der Waals surface area contributed by atoms with Gasteiger partial charge in [0.25, 0.3) is 0 Å². The van der Waals surface area contributed by atoms with Crippen molar-refractivity contribution in [2.45, 2.75) is 66.6 Å². The predicted octanol–water partition coefficient (Wildman–Crippen LogP) is 10.3. The van der Waals surface area contributed by atoms with Crippen LogP contribution in [0.15, 0.2) is 97.3 Å². The molecule has 4 nitrogen and oxygen atoms in total. The second kappa shape index (κ2) is 17.1. The highest BCUT2D eigenvalue weighted by Crippen LogP contribution is 2.29. The molecule has 248 valence electrons. The first-order valence-electron chi connectivity index (χ1n) is 15.9. The Hall–Kier alpha value is -3.41. The minimum Gasteiger partial charge on any atom is -0.364 e. The zero-order chi connectivity index (χ0) is 30.6. The lowest BCUT2D eigenvalue weighted by Gasteiger charge is -2.40. The Morgan fingerprint density at radius 1 is 0.660 bits per heavy atom. The van der Waals surface area contributed by atoms with Crippen LogP contribution in [0, 0.1) is 34.6 Å². The van der Waals surface area contributed by atoms with E-state index in [-0.39, 0.29) is 37.2 Å². The minimum absolute atomic E-state index is 0. The monoisotopic (exact) mass is 688 g/mol. The summed E-state index contributed by atoms with van der Waals surface area (Å²) in [6.45, 7) is 14.9. The summed E-state index contributed by atoms with van der Waals surface area (Å²) in [6, 6.07) is 31.5. The lowest BCUT2D eigenvalue weighted by atomic mass is 9.98. The van der Waals surface area contributed by atoms with Gasteiger partial charge in [-0.15, -0.1) is 37.2 Å². The molecule has 6 rings (SSSR count). The van der Waals surface area contributed by atoms with Gasteiger partial charge in [0, 0.05) is 61.4 Å². The van der Waals surface area contributed by atoms with Crippen molar-refractivity contribution in [1.29, 1.82) is 0 Å². The Balaban J connectivity index is 0.00000200. The van der Waals surface area contributed by atoms with E-state index in [1.165, 1.54) is 55.8 Å². The number of piperidine rings is 1. The van der Waals surface area contributed by atoms with Gasteiger partial charge in [0.1, 0.15) is 0 Å². The number of anilines is 1. The summed E-state index contributed by atoms with van der Waals surface area (Å²) in [6.07, 6.45) is 6.21. The lowest BCUT2D eigenvalue weighted by molar-refractivity contribution is 0.201. The predicted molar refractivity (Wildman–Crippen MR) is 206 cm³/mol. The lowest BCUT2D eigenvalue weighted by Crippen LogP contribution is -2.44. The van der Waals surface area contributed by atoms with E-state index in [1.54, 1.807) is 0 Å². The van der Waals surface area contributed by atoms with Crippen LogP contribution in [0.25, 0.3) is 22.5 Å². The number of halogens is 3. The van der Waals surface area contributed by atoms with Crippen LogP contribution in [-0.2, 0) is 13.1 Å². The largest absolute Gasteiger partial charge is 0.364 e. The highest BCUT2D eigenvalue weighted by molar-refractivity contribution is 5.86. The number of aryl methyl sites for hydroxylation is 4. The van der Waals surface area contributed by atoms with Crippen molar-refractivity contribution < 1.29 is 0 Å². The second-order valence-corrected chi connectivity index (χ2v) is 12.6. The third-order valence-corrected chi connectivity index (χ3v) is 9.42. The third-order valence-electron chi connectivity index (χ3n) is 9.42. The molecule has 0 N–H and O–H groups in total. The number of rotatable bonds is 8. The Morgan fingerprint density at radius 2 is 1.26 bits per heavy atom. The number of aromatic nitrogens is 2. The number of likely N-dealkylation sites (tertiary alicyclic amines) is 1. The molecule has 1 fully saturated rings. The number of pyridine rings is 2. The maximum atomic E-state index is 4.73. The van der Waals surface area contributed by atoms with E-state index >= 15 is 0 Å². The fraction of sp³-hybridized carbons (Fsp3) is 0.300. The van der Waals surface area contributed by atoms with E-state index in [9.17, 15) is 0 Å². The first-order chi connectivity index (χ1) is 21.3. The molecule has 2 aromatic heterocycles. The van der Waals surface area contributed by atoms with Crippen molar-refractivity contribution in [3.05, 3.63) is 136 Å². The summed E-state index contributed by atoms with van der Waals surface area (Å²) in [5.74, 6) is 0. The van der Waals surface area contributed by atoms with Gasteiger partial charge in [0.05, 0.1) is 11.4 Å². The summed E-state index contributed by atoms with van der Waals surface area (Å²) >= 11 is 0. The molecule has 1 saturated heterocycles. The van der Waals surface area contributed by atoms with E-state index in [1.807, 2.05) is 12.4 Å². The summed E-state index contributed by atoms with van der Waals surface area (Å²) < 4.78 is 0. The molecule has 3 aromatic carbocycles. The molecule has 0 radical (unpaired) electrons. The van der Waals surface area contributed by atoms with Gasteiger partial charge in [-0.1, -0.05) is 42.0 Å². The summed E-state index contributed by atoms with van der Waals surface area (Å²) in [5.41, 5.74) is 15.0. The number of benzene rings is 3. The second-order valence-electron chi connectivity index (χ2n) is 12.6. The highest BCUT2D eigenvalue weighted by Gasteiger charge is 2.25. The van der Waals surface area contributed by atoms with Crippen molar-refractivity contribution in [1.82, 2.24) is 14.9 Å². The van der Waals surface area contributed by atoms with Gasteiger partial charge in [-0.2, -0.15) is 0 Å². The molecular weight excluding hydrogens is 643 g/mol. The molecule has 5 aromatic rings. The average Bonchev–Trinajstić information content (AvgIpc) is 3.04. The highest BCUT2D eigenvalue weighted by atomic mass is 35.5. The summed E-state index contributed by atoms with van der Waals surface area (Å²) in [7, 11) is 0. The SMILES string of the molecule is Cc1ccc(N(Cc2ccnc(-c3ccccc3C)c2)C2CCN(Cc3ccnc(-c4cc(C)c(C)c(C)c4)c3)CC2)cc1.Cl.Cl.Cl. The molecular formula is C40H47Cl3N4. The van der Waals surface area contributed by atoms with E-state index < -0.39 is 0 Å². The Labute approximate surface area is 299 Å². The van der Waals surface area contributed by atoms with Crippen LogP contribution in [0.1, 0.15) is 51.8 Å². The molecule has 7 heteroatoms. The van der Waals surface area contributed by atoms with E-state index in [2.05, 4.69) is 129 Å². The van der Waals surface area contributed by atoms with Gasteiger partial charge < -0.3 is 4.90 Å². The van der Waals surface area contributed by atoms with Crippen molar-refractivity contribution in [3.8, 4) is 22.5 Å². The maximum absolute atomic E-state index is 4.73. The number of hydrogen-bond acceptors (Lipinski definition) is 4. The molecule has 0 amide bonds. The van der Waals surface area contributed by atoms with E-state index in [0.717, 1.165) is 50.4 Å². The fourth-order valence-electron chi connectivity index (χ4n) is 6.51. The molecule has 0 saturated carbocycles.